The number of likely N-dealkylation sites (N-methyl/N-ethyl adjacent to an activating group) is 1. The fourth-order valence-corrected chi connectivity index (χ4v) is 5.12. The van der Waals surface area contributed by atoms with Crippen molar-refractivity contribution in [2.45, 2.75) is 71.8 Å². The van der Waals surface area contributed by atoms with Crippen LogP contribution in [0, 0.1) is 6.92 Å². The highest BCUT2D eigenvalue weighted by Gasteiger charge is 2.21. The van der Waals surface area contributed by atoms with E-state index in [1.165, 1.54) is 0 Å². The van der Waals surface area contributed by atoms with Gasteiger partial charge in [-0.05, 0) is 61.9 Å². The van der Waals surface area contributed by atoms with Gasteiger partial charge in [-0.1, -0.05) is 37.8 Å². The van der Waals surface area contributed by atoms with Gasteiger partial charge >= 0.3 is 5.97 Å². The highest BCUT2D eigenvalue weighted by molar-refractivity contribution is 7.17. The first-order chi connectivity index (χ1) is 16.4. The molecule has 0 saturated heterocycles. The number of thiophene rings is 1. The van der Waals surface area contributed by atoms with Crippen molar-refractivity contribution in [1.82, 2.24) is 4.57 Å². The molecule has 0 atom stereocenters. The first-order valence-electron chi connectivity index (χ1n) is 12.1. The van der Waals surface area contributed by atoms with Crippen molar-refractivity contribution >= 4 is 44.9 Å². The highest BCUT2D eigenvalue weighted by atomic mass is 32.1. The number of carboxylic acid groups (broad SMARTS) is 1. The molecule has 1 N–H and O–H groups in total. The van der Waals surface area contributed by atoms with Crippen molar-refractivity contribution in [3.8, 4) is 0 Å². The van der Waals surface area contributed by atoms with E-state index in [9.17, 15) is 14.4 Å². The second-order valence-electron chi connectivity index (χ2n) is 8.70. The lowest BCUT2D eigenvalue weighted by molar-refractivity contribution is -0.137. The Morgan fingerprint density at radius 3 is 2.35 bits per heavy atom. The molecule has 0 saturated carbocycles. The number of carbonyl (C=O) groups is 3. The molecule has 7 heteroatoms. The third-order valence-electron chi connectivity index (χ3n) is 6.08. The first-order valence-corrected chi connectivity index (χ1v) is 13.0. The summed E-state index contributed by atoms with van der Waals surface area (Å²) in [6, 6.07) is 11.8. The number of ketones is 1. The number of aromatic nitrogens is 1. The molecule has 182 valence electrons. The zero-order valence-corrected chi connectivity index (χ0v) is 20.9. The zero-order valence-electron chi connectivity index (χ0n) is 20.1. The number of amides is 1. The zero-order chi connectivity index (χ0) is 24.5. The molecule has 0 aliphatic carbocycles. The minimum atomic E-state index is -0.743. The molecule has 0 fully saturated rings. The van der Waals surface area contributed by atoms with Crippen molar-refractivity contribution in [3.05, 3.63) is 53.0 Å². The second kappa shape index (κ2) is 12.5. The second-order valence-corrected chi connectivity index (χ2v) is 9.65. The fourth-order valence-electron chi connectivity index (χ4n) is 4.29. The number of aryl methyl sites for hydroxylation is 1. The Labute approximate surface area is 205 Å². The number of carboxylic acids is 1. The Balaban J connectivity index is 1.62. The van der Waals surface area contributed by atoms with E-state index in [0.29, 0.717) is 25.1 Å². The number of hydrogen-bond donors (Lipinski definition) is 1. The first kappa shape index (κ1) is 25.7. The molecule has 0 aliphatic rings. The molecular weight excluding hydrogens is 448 g/mol. The molecule has 1 aromatic carbocycles. The van der Waals surface area contributed by atoms with Crippen molar-refractivity contribution in [2.24, 2.45) is 0 Å². The quantitative estimate of drug-likeness (QED) is 0.211. The summed E-state index contributed by atoms with van der Waals surface area (Å²) in [5.41, 5.74) is 3.51. The monoisotopic (exact) mass is 482 g/mol. The summed E-state index contributed by atoms with van der Waals surface area (Å²) in [5.74, 6) is -0.708. The summed E-state index contributed by atoms with van der Waals surface area (Å²) in [6.45, 7) is 4.66. The average molecular weight is 483 g/mol. The third-order valence-corrected chi connectivity index (χ3v) is 6.93. The topological polar surface area (TPSA) is 79.6 Å². The number of benzene rings is 1. The molecule has 2 aromatic heterocycles. The van der Waals surface area contributed by atoms with Crippen LogP contribution < -0.4 is 4.90 Å². The van der Waals surface area contributed by atoms with Crippen LogP contribution in [-0.2, 0) is 16.1 Å². The minimum absolute atomic E-state index is 0.0350. The van der Waals surface area contributed by atoms with E-state index in [-0.39, 0.29) is 24.7 Å². The predicted octanol–water partition coefficient (Wildman–Crippen LogP) is 6.45. The molecule has 0 bridgehead atoms. The normalized spacial score (nSPS) is 11.1. The average Bonchev–Trinajstić information content (AvgIpc) is 3.38. The molecule has 3 aromatic rings. The highest BCUT2D eigenvalue weighted by Crippen LogP contribution is 2.27. The molecule has 2 heterocycles. The number of unbranched alkanes of at least 4 members (excludes halogenated alkanes) is 5. The number of rotatable bonds is 14. The number of Topliss-reactive ketones (excluding diaryl/α,β-unsaturated/α-hetero) is 1. The fraction of sp³-hybridized carbons (Fsp3) is 0.444. The van der Waals surface area contributed by atoms with Gasteiger partial charge in [-0.25, -0.2) is 0 Å². The number of anilines is 1. The predicted molar refractivity (Wildman–Crippen MR) is 138 cm³/mol. The van der Waals surface area contributed by atoms with Crippen LogP contribution in [0.15, 0.2) is 41.8 Å². The van der Waals surface area contributed by atoms with E-state index < -0.39 is 5.97 Å². The lowest BCUT2D eigenvalue weighted by atomic mass is 10.1. The van der Waals surface area contributed by atoms with Gasteiger partial charge in [0.1, 0.15) is 6.54 Å². The van der Waals surface area contributed by atoms with E-state index in [0.717, 1.165) is 53.6 Å². The molecule has 1 amide bonds. The minimum Gasteiger partial charge on any atom is -0.481 e. The summed E-state index contributed by atoms with van der Waals surface area (Å²) in [6.07, 6.45) is 6.05. The smallest absolute Gasteiger partial charge is 0.303 e. The number of fused-ring (bicyclic) bond motifs is 1. The summed E-state index contributed by atoms with van der Waals surface area (Å²) in [5, 5.41) is 10.7. The number of hydrogen-bond acceptors (Lipinski definition) is 4. The third kappa shape index (κ3) is 6.79. The van der Waals surface area contributed by atoms with Gasteiger partial charge in [0.25, 0.3) is 0 Å². The van der Waals surface area contributed by atoms with Gasteiger partial charge in [-0.15, -0.1) is 11.3 Å². The van der Waals surface area contributed by atoms with Crippen LogP contribution in [0.25, 0.3) is 10.2 Å². The van der Waals surface area contributed by atoms with E-state index in [4.69, 9.17) is 5.11 Å². The SMILES string of the molecule is CCN(C(=O)Cn1c(C(=O)CCCCCCCCC(=O)O)cc2sccc21)c1cccc(C)c1. The summed E-state index contributed by atoms with van der Waals surface area (Å²) in [4.78, 5) is 38.7. The summed E-state index contributed by atoms with van der Waals surface area (Å²) >= 11 is 1.58. The van der Waals surface area contributed by atoms with Gasteiger partial charge in [0.05, 0.1) is 15.9 Å². The Kier molecular flexibility index (Phi) is 9.45. The molecule has 0 aliphatic heterocycles. The number of nitrogens with zero attached hydrogens (tertiary/aromatic N) is 2. The van der Waals surface area contributed by atoms with Gasteiger partial charge in [-0.3, -0.25) is 14.4 Å². The van der Waals surface area contributed by atoms with E-state index in [2.05, 4.69) is 0 Å². The standard InChI is InChI=1S/C27H34N2O4S/c1-3-28(21-12-10-11-20(2)17-21)26(31)19-29-22-15-16-34-25(22)18-23(29)24(30)13-8-6-4-5-7-9-14-27(32)33/h10-12,15-18H,3-9,13-14,19H2,1-2H3,(H,32,33). The number of carbonyl (C=O) groups excluding carboxylic acids is 2. The molecule has 0 spiro atoms. The molecular formula is C27H34N2O4S. The maximum atomic E-state index is 13.3. The van der Waals surface area contributed by atoms with Gasteiger partial charge in [0, 0.05) is 25.1 Å². The van der Waals surface area contributed by atoms with Crippen molar-refractivity contribution in [2.75, 3.05) is 11.4 Å². The van der Waals surface area contributed by atoms with E-state index in [1.54, 1.807) is 16.2 Å². The summed E-state index contributed by atoms with van der Waals surface area (Å²) in [7, 11) is 0. The maximum Gasteiger partial charge on any atom is 0.303 e. The summed E-state index contributed by atoms with van der Waals surface area (Å²) < 4.78 is 2.90. The van der Waals surface area contributed by atoms with Gasteiger partial charge < -0.3 is 14.6 Å². The molecule has 0 unspecified atom stereocenters. The van der Waals surface area contributed by atoms with Crippen LogP contribution in [0.3, 0.4) is 0 Å². The Bertz CT molecular complexity index is 1130. The van der Waals surface area contributed by atoms with Gasteiger partial charge in [0.2, 0.25) is 5.91 Å². The van der Waals surface area contributed by atoms with Crippen LogP contribution in [0.4, 0.5) is 5.69 Å². The lowest BCUT2D eigenvalue weighted by Crippen LogP contribution is -2.34. The largest absolute Gasteiger partial charge is 0.481 e. The van der Waals surface area contributed by atoms with Crippen molar-refractivity contribution in [3.63, 3.8) is 0 Å². The Hall–Kier alpha value is -2.93. The van der Waals surface area contributed by atoms with Crippen molar-refractivity contribution in [1.29, 1.82) is 0 Å². The molecule has 34 heavy (non-hydrogen) atoms. The molecule has 6 nitrogen and oxygen atoms in total. The lowest BCUT2D eigenvalue weighted by Gasteiger charge is -2.22. The Morgan fingerprint density at radius 1 is 0.971 bits per heavy atom. The van der Waals surface area contributed by atoms with Gasteiger partial charge in [-0.2, -0.15) is 0 Å². The van der Waals surface area contributed by atoms with Crippen LogP contribution in [0.5, 0.6) is 0 Å². The molecule has 3 rings (SSSR count). The van der Waals surface area contributed by atoms with Crippen molar-refractivity contribution < 1.29 is 19.5 Å². The Morgan fingerprint density at radius 2 is 1.68 bits per heavy atom. The van der Waals surface area contributed by atoms with Crippen LogP contribution >= 0.6 is 11.3 Å². The van der Waals surface area contributed by atoms with Crippen LogP contribution in [-0.4, -0.2) is 33.9 Å². The number of aliphatic carboxylic acids is 1. The van der Waals surface area contributed by atoms with Gasteiger partial charge in [0.15, 0.2) is 5.78 Å². The van der Waals surface area contributed by atoms with Crippen LogP contribution in [0.1, 0.15) is 74.3 Å². The van der Waals surface area contributed by atoms with E-state index >= 15 is 0 Å². The van der Waals surface area contributed by atoms with E-state index in [1.807, 2.05) is 60.2 Å². The maximum absolute atomic E-state index is 13.3. The molecule has 0 radical (unpaired) electrons. The van der Waals surface area contributed by atoms with Crippen LogP contribution in [0.2, 0.25) is 0 Å².